The summed E-state index contributed by atoms with van der Waals surface area (Å²) in [4.78, 5) is 47.2. The Balaban J connectivity index is 1.80. The highest BCUT2D eigenvalue weighted by molar-refractivity contribution is 5.98. The van der Waals surface area contributed by atoms with Crippen LogP contribution >= 0.6 is 0 Å². The zero-order chi connectivity index (χ0) is 19.8. The van der Waals surface area contributed by atoms with E-state index in [0.29, 0.717) is 16.8 Å². The zero-order valence-corrected chi connectivity index (χ0v) is 15.2. The highest BCUT2D eigenvalue weighted by Gasteiger charge is 2.19. The van der Waals surface area contributed by atoms with E-state index < -0.39 is 18.0 Å². The van der Waals surface area contributed by atoms with E-state index in [0.717, 1.165) is 0 Å². The molecule has 0 saturated heterocycles. The molecule has 6 heteroatoms. The molecule has 1 N–H and O–H groups in total. The van der Waals surface area contributed by atoms with Gasteiger partial charge in [0.05, 0.1) is 6.42 Å². The number of hydrogen-bond donors (Lipinski definition) is 1. The molecule has 6 nitrogen and oxygen atoms in total. The maximum atomic E-state index is 12.1. The molecule has 2 aromatic carbocycles. The number of ketones is 2. The van der Waals surface area contributed by atoms with E-state index in [4.69, 9.17) is 4.74 Å². The molecule has 0 fully saturated rings. The van der Waals surface area contributed by atoms with Gasteiger partial charge in [-0.3, -0.25) is 19.2 Å². The summed E-state index contributed by atoms with van der Waals surface area (Å²) < 4.78 is 5.08. The molecule has 0 saturated carbocycles. The molecular formula is C21H21NO5. The minimum Gasteiger partial charge on any atom is -0.453 e. The van der Waals surface area contributed by atoms with Crippen LogP contribution in [-0.2, 0) is 14.3 Å². The predicted molar refractivity (Wildman–Crippen MR) is 101 cm³/mol. The van der Waals surface area contributed by atoms with Crippen LogP contribution in [-0.4, -0.2) is 29.5 Å². The van der Waals surface area contributed by atoms with Gasteiger partial charge in [0.25, 0.3) is 5.91 Å². The van der Waals surface area contributed by atoms with E-state index in [9.17, 15) is 19.2 Å². The van der Waals surface area contributed by atoms with Crippen molar-refractivity contribution in [3.05, 3.63) is 65.7 Å². The Hall–Kier alpha value is -3.28. The van der Waals surface area contributed by atoms with Gasteiger partial charge in [0.15, 0.2) is 17.7 Å². The fourth-order valence-electron chi connectivity index (χ4n) is 2.33. The van der Waals surface area contributed by atoms with Crippen LogP contribution in [0.1, 0.15) is 47.4 Å². The van der Waals surface area contributed by atoms with Crippen molar-refractivity contribution in [2.75, 3.05) is 5.32 Å². The van der Waals surface area contributed by atoms with Crippen molar-refractivity contribution in [3.63, 3.8) is 0 Å². The summed E-state index contributed by atoms with van der Waals surface area (Å²) in [6.45, 7) is 2.91. The van der Waals surface area contributed by atoms with Gasteiger partial charge in [0, 0.05) is 23.2 Å². The lowest BCUT2D eigenvalue weighted by Crippen LogP contribution is -2.30. The van der Waals surface area contributed by atoms with E-state index in [2.05, 4.69) is 5.32 Å². The number of esters is 1. The number of ether oxygens (including phenoxy) is 1. The molecule has 0 aliphatic rings. The van der Waals surface area contributed by atoms with Crippen LogP contribution in [0.5, 0.6) is 0 Å². The smallest absolute Gasteiger partial charge is 0.307 e. The largest absolute Gasteiger partial charge is 0.453 e. The van der Waals surface area contributed by atoms with Crippen LogP contribution in [0.25, 0.3) is 0 Å². The zero-order valence-electron chi connectivity index (χ0n) is 15.2. The minimum absolute atomic E-state index is 0.0176. The topological polar surface area (TPSA) is 89.5 Å². The van der Waals surface area contributed by atoms with E-state index >= 15 is 0 Å². The number of rotatable bonds is 8. The van der Waals surface area contributed by atoms with Crippen LogP contribution in [0.3, 0.4) is 0 Å². The van der Waals surface area contributed by atoms with Crippen molar-refractivity contribution in [1.29, 1.82) is 0 Å². The van der Waals surface area contributed by atoms with Gasteiger partial charge in [-0.25, -0.2) is 0 Å². The Morgan fingerprint density at radius 2 is 1.52 bits per heavy atom. The predicted octanol–water partition coefficient (Wildman–Crippen LogP) is 3.42. The second-order valence-electron chi connectivity index (χ2n) is 6.04. The Morgan fingerprint density at radius 3 is 2.11 bits per heavy atom. The monoisotopic (exact) mass is 367 g/mol. The second-order valence-corrected chi connectivity index (χ2v) is 6.04. The summed E-state index contributed by atoms with van der Waals surface area (Å²) >= 11 is 0. The lowest BCUT2D eigenvalue weighted by Gasteiger charge is -2.13. The summed E-state index contributed by atoms with van der Waals surface area (Å²) in [5, 5.41) is 2.61. The molecule has 1 amide bonds. The number of anilines is 1. The van der Waals surface area contributed by atoms with E-state index in [1.54, 1.807) is 54.6 Å². The van der Waals surface area contributed by atoms with Gasteiger partial charge in [-0.2, -0.15) is 0 Å². The SMILES string of the molecule is CC(=O)c1ccc(NC(=O)C(C)OC(=O)CCC(=O)c2ccccc2)cc1. The second kappa shape index (κ2) is 9.43. The Kier molecular flexibility index (Phi) is 7.00. The van der Waals surface area contributed by atoms with Gasteiger partial charge in [-0.1, -0.05) is 30.3 Å². The summed E-state index contributed by atoms with van der Waals surface area (Å²) in [5.41, 5.74) is 1.56. The molecule has 0 heterocycles. The summed E-state index contributed by atoms with van der Waals surface area (Å²) in [7, 11) is 0. The fraction of sp³-hybridized carbons (Fsp3) is 0.238. The normalized spacial score (nSPS) is 11.3. The number of carbonyl (C=O) groups excluding carboxylic acids is 4. The third-order valence-electron chi connectivity index (χ3n) is 3.89. The molecule has 1 unspecified atom stereocenters. The number of carbonyl (C=O) groups is 4. The Labute approximate surface area is 157 Å². The summed E-state index contributed by atoms with van der Waals surface area (Å²) in [6.07, 6.45) is -1.08. The van der Waals surface area contributed by atoms with Crippen LogP contribution in [0.2, 0.25) is 0 Å². The first-order valence-electron chi connectivity index (χ1n) is 8.56. The molecule has 2 rings (SSSR count). The van der Waals surface area contributed by atoms with Crippen molar-refractivity contribution in [2.45, 2.75) is 32.8 Å². The lowest BCUT2D eigenvalue weighted by atomic mass is 10.1. The van der Waals surface area contributed by atoms with E-state index in [1.807, 2.05) is 0 Å². The van der Waals surface area contributed by atoms with Gasteiger partial charge < -0.3 is 10.1 Å². The maximum Gasteiger partial charge on any atom is 0.307 e. The third-order valence-corrected chi connectivity index (χ3v) is 3.89. The highest BCUT2D eigenvalue weighted by atomic mass is 16.5. The van der Waals surface area contributed by atoms with Gasteiger partial charge in [0.1, 0.15) is 0 Å². The van der Waals surface area contributed by atoms with Crippen LogP contribution in [0.15, 0.2) is 54.6 Å². The van der Waals surface area contributed by atoms with E-state index in [1.165, 1.54) is 13.8 Å². The molecule has 0 spiro atoms. The van der Waals surface area contributed by atoms with E-state index in [-0.39, 0.29) is 24.4 Å². The summed E-state index contributed by atoms with van der Waals surface area (Å²) in [5.74, 6) is -1.34. The molecule has 2 aromatic rings. The van der Waals surface area contributed by atoms with Crippen molar-refractivity contribution in [2.24, 2.45) is 0 Å². The lowest BCUT2D eigenvalue weighted by molar-refractivity contribution is -0.153. The van der Waals surface area contributed by atoms with Crippen LogP contribution < -0.4 is 5.32 Å². The number of Topliss-reactive ketones (excluding diaryl/α,β-unsaturated/α-hetero) is 2. The van der Waals surface area contributed by atoms with Crippen molar-refractivity contribution >= 4 is 29.1 Å². The van der Waals surface area contributed by atoms with Crippen molar-refractivity contribution in [3.8, 4) is 0 Å². The molecule has 0 radical (unpaired) electrons. The van der Waals surface area contributed by atoms with Crippen molar-refractivity contribution < 1.29 is 23.9 Å². The van der Waals surface area contributed by atoms with Gasteiger partial charge >= 0.3 is 5.97 Å². The number of amides is 1. The number of benzene rings is 2. The molecule has 27 heavy (non-hydrogen) atoms. The van der Waals surface area contributed by atoms with Gasteiger partial charge in [-0.15, -0.1) is 0 Å². The van der Waals surface area contributed by atoms with Crippen LogP contribution in [0, 0.1) is 0 Å². The number of hydrogen-bond acceptors (Lipinski definition) is 5. The first-order chi connectivity index (χ1) is 12.9. The maximum absolute atomic E-state index is 12.1. The van der Waals surface area contributed by atoms with Gasteiger partial charge in [-0.05, 0) is 38.1 Å². The van der Waals surface area contributed by atoms with Crippen LogP contribution in [0.4, 0.5) is 5.69 Å². The highest BCUT2D eigenvalue weighted by Crippen LogP contribution is 2.12. The molecule has 0 aromatic heterocycles. The minimum atomic E-state index is -1.00. The molecule has 0 aliphatic carbocycles. The Bertz CT molecular complexity index is 827. The molecule has 0 bridgehead atoms. The average Bonchev–Trinajstić information content (AvgIpc) is 2.67. The molecule has 140 valence electrons. The fourth-order valence-corrected chi connectivity index (χ4v) is 2.33. The Morgan fingerprint density at radius 1 is 0.889 bits per heavy atom. The molecule has 1 atom stereocenters. The standard InChI is InChI=1S/C21H21NO5/c1-14(23)16-8-10-18(11-9-16)22-21(26)15(2)27-20(25)13-12-19(24)17-6-4-3-5-7-17/h3-11,15H,12-13H2,1-2H3,(H,22,26). The average molecular weight is 367 g/mol. The van der Waals surface area contributed by atoms with Gasteiger partial charge in [0.2, 0.25) is 0 Å². The summed E-state index contributed by atoms with van der Waals surface area (Å²) in [6, 6.07) is 15.1. The quantitative estimate of drug-likeness (QED) is 0.570. The molecule has 0 aliphatic heterocycles. The first-order valence-corrected chi connectivity index (χ1v) is 8.56. The van der Waals surface area contributed by atoms with Crippen molar-refractivity contribution in [1.82, 2.24) is 0 Å². The first kappa shape index (κ1) is 20.0. The molecular weight excluding hydrogens is 346 g/mol. The number of nitrogens with one attached hydrogen (secondary N) is 1. The third kappa shape index (κ3) is 6.18.